The third kappa shape index (κ3) is 2.20. The predicted octanol–water partition coefficient (Wildman–Crippen LogP) is 1.64. The monoisotopic (exact) mass is 312 g/mol. The van der Waals surface area contributed by atoms with E-state index in [1.165, 1.54) is 23.2 Å². The molecule has 0 aromatic carbocycles. The summed E-state index contributed by atoms with van der Waals surface area (Å²) in [4.78, 5) is 28.2. The van der Waals surface area contributed by atoms with Gasteiger partial charge in [-0.1, -0.05) is 0 Å². The van der Waals surface area contributed by atoms with Crippen molar-refractivity contribution >= 4 is 27.6 Å². The first-order chi connectivity index (χ1) is 8.49. The molecular formula is C9H5BrN4O4. The third-order valence-electron chi connectivity index (χ3n) is 2.06. The molecule has 0 amide bonds. The second kappa shape index (κ2) is 4.53. The Kier molecular flexibility index (Phi) is 3.06. The van der Waals surface area contributed by atoms with Crippen LogP contribution in [0.5, 0.6) is 0 Å². The van der Waals surface area contributed by atoms with Gasteiger partial charge in [-0.3, -0.25) is 14.7 Å². The van der Waals surface area contributed by atoms with Crippen molar-refractivity contribution in [2.45, 2.75) is 0 Å². The zero-order valence-corrected chi connectivity index (χ0v) is 10.2. The molecule has 0 aliphatic rings. The van der Waals surface area contributed by atoms with Crippen LogP contribution in [-0.2, 0) is 0 Å². The molecule has 0 bridgehead atoms. The van der Waals surface area contributed by atoms with Crippen LogP contribution < -0.4 is 0 Å². The maximum Gasteiger partial charge on any atom is 0.356 e. The molecule has 0 spiro atoms. The van der Waals surface area contributed by atoms with Crippen molar-refractivity contribution < 1.29 is 14.8 Å². The van der Waals surface area contributed by atoms with Crippen LogP contribution in [0.25, 0.3) is 5.82 Å². The van der Waals surface area contributed by atoms with Crippen LogP contribution in [0.3, 0.4) is 0 Å². The molecule has 0 aliphatic carbocycles. The topological polar surface area (TPSA) is 111 Å². The number of carboxylic acid groups (broad SMARTS) is 1. The maximum absolute atomic E-state index is 10.7. The molecule has 9 heteroatoms. The molecule has 0 saturated heterocycles. The summed E-state index contributed by atoms with van der Waals surface area (Å²) in [5.41, 5.74) is -0.300. The van der Waals surface area contributed by atoms with Gasteiger partial charge >= 0.3 is 5.97 Å². The molecule has 1 N–H and O–H groups in total. The summed E-state index contributed by atoms with van der Waals surface area (Å²) < 4.78 is 1.73. The third-order valence-corrected chi connectivity index (χ3v) is 2.65. The first-order valence-electron chi connectivity index (χ1n) is 4.56. The lowest BCUT2D eigenvalue weighted by molar-refractivity contribution is -0.385. The van der Waals surface area contributed by atoms with Crippen molar-refractivity contribution in [1.29, 1.82) is 0 Å². The van der Waals surface area contributed by atoms with Crippen molar-refractivity contribution in [3.63, 3.8) is 0 Å². The molecule has 92 valence electrons. The van der Waals surface area contributed by atoms with Crippen LogP contribution in [0.2, 0.25) is 0 Å². The molecule has 0 aliphatic heterocycles. The van der Waals surface area contributed by atoms with E-state index in [1.807, 2.05) is 0 Å². The molecule has 0 radical (unpaired) electrons. The van der Waals surface area contributed by atoms with Crippen LogP contribution >= 0.6 is 15.9 Å². The van der Waals surface area contributed by atoms with Crippen LogP contribution in [0.1, 0.15) is 10.5 Å². The first-order valence-corrected chi connectivity index (χ1v) is 5.36. The van der Waals surface area contributed by atoms with Crippen molar-refractivity contribution in [3.8, 4) is 5.82 Å². The van der Waals surface area contributed by atoms with Gasteiger partial charge in [-0.2, -0.15) is 0 Å². The number of nitrogens with zero attached hydrogens (tertiary/aromatic N) is 4. The zero-order valence-electron chi connectivity index (χ0n) is 8.65. The summed E-state index contributed by atoms with van der Waals surface area (Å²) >= 11 is 3.14. The molecule has 2 aromatic heterocycles. The Morgan fingerprint density at radius 2 is 2.22 bits per heavy atom. The normalized spacial score (nSPS) is 10.3. The molecule has 0 unspecified atom stereocenters. The highest BCUT2D eigenvalue weighted by Gasteiger charge is 2.14. The minimum Gasteiger partial charge on any atom is -0.476 e. The first kappa shape index (κ1) is 12.2. The summed E-state index contributed by atoms with van der Waals surface area (Å²) in [5, 5.41) is 19.3. The molecule has 2 heterocycles. The number of pyridine rings is 1. The van der Waals surface area contributed by atoms with Crippen molar-refractivity contribution in [1.82, 2.24) is 14.5 Å². The summed E-state index contributed by atoms with van der Waals surface area (Å²) in [6.07, 6.45) is 3.62. The van der Waals surface area contributed by atoms with Crippen LogP contribution in [0.4, 0.5) is 5.69 Å². The fourth-order valence-electron chi connectivity index (χ4n) is 1.26. The Hall–Kier alpha value is -2.29. The number of aromatic carboxylic acids is 1. The van der Waals surface area contributed by atoms with Crippen LogP contribution in [-0.4, -0.2) is 30.5 Å². The number of imidazole rings is 1. The number of rotatable bonds is 3. The zero-order chi connectivity index (χ0) is 13.3. The highest BCUT2D eigenvalue weighted by atomic mass is 79.9. The average molecular weight is 313 g/mol. The minimum atomic E-state index is -1.16. The molecule has 0 atom stereocenters. The lowest BCUT2D eigenvalue weighted by Gasteiger charge is -2.02. The number of hydrogen-bond donors (Lipinski definition) is 1. The van der Waals surface area contributed by atoms with E-state index in [4.69, 9.17) is 5.11 Å². The largest absolute Gasteiger partial charge is 0.476 e. The van der Waals surface area contributed by atoms with E-state index in [-0.39, 0.29) is 11.4 Å². The standard InChI is InChI=1S/C9H5BrN4O4/c10-6-1-5(14(17)18)2-11-8(6)13-3-7(9(15)16)12-4-13/h1-4H,(H,15,16). The van der Waals surface area contributed by atoms with Gasteiger partial charge in [-0.15, -0.1) is 0 Å². The Morgan fingerprint density at radius 3 is 2.72 bits per heavy atom. The number of carbonyl (C=O) groups is 1. The summed E-state index contributed by atoms with van der Waals surface area (Å²) in [6, 6.07) is 1.28. The lowest BCUT2D eigenvalue weighted by Crippen LogP contribution is -1.99. The smallest absolute Gasteiger partial charge is 0.356 e. The molecule has 2 rings (SSSR count). The van der Waals surface area contributed by atoms with Gasteiger partial charge in [-0.05, 0) is 15.9 Å². The van der Waals surface area contributed by atoms with Gasteiger partial charge in [0.05, 0.1) is 9.40 Å². The van der Waals surface area contributed by atoms with Gasteiger partial charge in [0, 0.05) is 12.3 Å². The number of hydrogen-bond acceptors (Lipinski definition) is 5. The van der Waals surface area contributed by atoms with Gasteiger partial charge in [0.25, 0.3) is 5.69 Å². The maximum atomic E-state index is 10.7. The summed E-state index contributed by atoms with van der Waals surface area (Å²) in [6.45, 7) is 0. The fourth-order valence-corrected chi connectivity index (χ4v) is 1.80. The van der Waals surface area contributed by atoms with Gasteiger partial charge in [0.15, 0.2) is 11.5 Å². The van der Waals surface area contributed by atoms with E-state index in [9.17, 15) is 14.9 Å². The molecule has 18 heavy (non-hydrogen) atoms. The SMILES string of the molecule is O=C(O)c1cn(-c2ncc([N+](=O)[O-])cc2Br)cn1. The summed E-state index contributed by atoms with van der Waals surface area (Å²) in [7, 11) is 0. The molecule has 0 saturated carbocycles. The van der Waals surface area contributed by atoms with E-state index >= 15 is 0 Å². The Bertz CT molecular complexity index is 639. The number of aromatic nitrogens is 3. The van der Waals surface area contributed by atoms with E-state index in [2.05, 4.69) is 25.9 Å². The highest BCUT2D eigenvalue weighted by molar-refractivity contribution is 9.10. The summed E-state index contributed by atoms with van der Waals surface area (Å²) in [5.74, 6) is -0.840. The lowest BCUT2D eigenvalue weighted by atomic mass is 10.4. The molecule has 0 fully saturated rings. The molecule has 8 nitrogen and oxygen atoms in total. The Balaban J connectivity index is 2.44. The van der Waals surface area contributed by atoms with Crippen LogP contribution in [0, 0.1) is 10.1 Å². The second-order valence-electron chi connectivity index (χ2n) is 3.23. The van der Waals surface area contributed by atoms with Gasteiger partial charge in [0.2, 0.25) is 0 Å². The quantitative estimate of drug-likeness (QED) is 0.681. The minimum absolute atomic E-state index is 0.137. The van der Waals surface area contributed by atoms with Crippen molar-refractivity contribution in [2.24, 2.45) is 0 Å². The van der Waals surface area contributed by atoms with Gasteiger partial charge in [0.1, 0.15) is 12.5 Å². The van der Waals surface area contributed by atoms with E-state index in [0.29, 0.717) is 10.3 Å². The Morgan fingerprint density at radius 1 is 1.50 bits per heavy atom. The van der Waals surface area contributed by atoms with Gasteiger partial charge in [-0.25, -0.2) is 14.8 Å². The van der Waals surface area contributed by atoms with Crippen molar-refractivity contribution in [3.05, 3.63) is 45.1 Å². The van der Waals surface area contributed by atoms with E-state index in [1.54, 1.807) is 0 Å². The molecular weight excluding hydrogens is 308 g/mol. The van der Waals surface area contributed by atoms with Crippen LogP contribution in [0.15, 0.2) is 29.3 Å². The average Bonchev–Trinajstić information content (AvgIpc) is 2.78. The van der Waals surface area contributed by atoms with Gasteiger partial charge < -0.3 is 5.11 Å². The number of carboxylic acids is 1. The number of nitro groups is 1. The predicted molar refractivity (Wildman–Crippen MR) is 62.7 cm³/mol. The van der Waals surface area contributed by atoms with E-state index < -0.39 is 10.9 Å². The second-order valence-corrected chi connectivity index (χ2v) is 4.08. The fraction of sp³-hybridized carbons (Fsp3) is 0. The number of halogens is 1. The highest BCUT2D eigenvalue weighted by Crippen LogP contribution is 2.23. The molecule has 2 aromatic rings. The van der Waals surface area contributed by atoms with Crippen molar-refractivity contribution in [2.75, 3.05) is 0 Å². The van der Waals surface area contributed by atoms with E-state index in [0.717, 1.165) is 6.20 Å². The Labute approximate surface area is 108 Å².